The molecule has 158 valence electrons. The molecule has 0 fully saturated rings. The van der Waals surface area contributed by atoms with Gasteiger partial charge in [0.2, 0.25) is 10.0 Å². The van der Waals surface area contributed by atoms with E-state index in [4.69, 9.17) is 5.14 Å². The Labute approximate surface area is 181 Å². The average molecular weight is 435 g/mol. The number of aromatic nitrogens is 1. The van der Waals surface area contributed by atoms with Crippen LogP contribution in [0.3, 0.4) is 0 Å². The monoisotopic (exact) mass is 434 g/mol. The van der Waals surface area contributed by atoms with Crippen molar-refractivity contribution in [2.45, 2.75) is 25.7 Å². The molecule has 0 unspecified atom stereocenters. The number of primary sulfonamides is 1. The summed E-state index contributed by atoms with van der Waals surface area (Å²) in [4.78, 5) is 12.6. The molecule has 0 aliphatic heterocycles. The molecule has 0 atom stereocenters. The van der Waals surface area contributed by atoms with E-state index >= 15 is 0 Å². The second-order valence-electron chi connectivity index (χ2n) is 7.19. The predicted molar refractivity (Wildman–Crippen MR) is 120 cm³/mol. The normalized spacial score (nSPS) is 11.8. The van der Waals surface area contributed by atoms with Crippen molar-refractivity contribution in [1.82, 2.24) is 4.57 Å². The van der Waals surface area contributed by atoms with E-state index in [1.54, 1.807) is 24.3 Å². The minimum atomic E-state index is -3.77. The molecule has 0 spiro atoms. The Morgan fingerprint density at radius 3 is 2.35 bits per heavy atom. The number of sulfonamides is 1. The van der Waals surface area contributed by atoms with E-state index in [0.29, 0.717) is 11.3 Å². The number of rotatable bonds is 5. The van der Waals surface area contributed by atoms with Gasteiger partial charge in [-0.3, -0.25) is 4.79 Å². The number of carbonyl (C=O) groups is 1. The smallest absolute Gasteiger partial charge is 0.266 e. The molecule has 2 aromatic carbocycles. The zero-order valence-corrected chi connectivity index (χ0v) is 18.2. The van der Waals surface area contributed by atoms with Gasteiger partial charge in [0.25, 0.3) is 5.91 Å². The highest BCUT2D eigenvalue weighted by Crippen LogP contribution is 2.24. The van der Waals surface area contributed by atoms with Gasteiger partial charge in [0.15, 0.2) is 0 Å². The molecule has 0 radical (unpaired) electrons. The first-order valence-corrected chi connectivity index (χ1v) is 11.0. The number of carbonyl (C=O) groups excluding carboxylic acids is 1. The van der Waals surface area contributed by atoms with Crippen LogP contribution in [0.4, 0.5) is 5.69 Å². The van der Waals surface area contributed by atoms with Crippen LogP contribution in [0.25, 0.3) is 11.8 Å². The Hall–Kier alpha value is -3.67. The summed E-state index contributed by atoms with van der Waals surface area (Å²) in [6.07, 6.45) is 1.54. The van der Waals surface area contributed by atoms with Gasteiger partial charge in [-0.25, -0.2) is 13.6 Å². The summed E-state index contributed by atoms with van der Waals surface area (Å²) in [6.45, 7) is 5.66. The van der Waals surface area contributed by atoms with E-state index in [9.17, 15) is 18.5 Å². The molecular weight excluding hydrogens is 412 g/mol. The van der Waals surface area contributed by atoms with E-state index in [-0.39, 0.29) is 10.5 Å². The van der Waals surface area contributed by atoms with Gasteiger partial charge < -0.3 is 9.88 Å². The van der Waals surface area contributed by atoms with Gasteiger partial charge >= 0.3 is 0 Å². The fourth-order valence-corrected chi connectivity index (χ4v) is 3.86. The molecule has 3 rings (SSSR count). The molecule has 0 aliphatic carbocycles. The highest BCUT2D eigenvalue weighted by atomic mass is 32.2. The molecule has 3 N–H and O–H groups in total. The molecule has 0 saturated heterocycles. The van der Waals surface area contributed by atoms with Crippen molar-refractivity contribution < 1.29 is 13.2 Å². The first kappa shape index (κ1) is 22.0. The molecule has 8 heteroatoms. The molecule has 31 heavy (non-hydrogen) atoms. The van der Waals surface area contributed by atoms with Crippen molar-refractivity contribution in [1.29, 1.82) is 5.26 Å². The van der Waals surface area contributed by atoms with Crippen LogP contribution in [-0.2, 0) is 14.8 Å². The Bertz CT molecular complexity index is 1330. The molecular formula is C23H22N4O3S. The van der Waals surface area contributed by atoms with Crippen molar-refractivity contribution in [2.75, 3.05) is 5.32 Å². The highest BCUT2D eigenvalue weighted by molar-refractivity contribution is 7.89. The van der Waals surface area contributed by atoms with E-state index in [1.165, 1.54) is 12.1 Å². The van der Waals surface area contributed by atoms with Crippen LogP contribution in [0.15, 0.2) is 65.1 Å². The molecule has 1 aromatic heterocycles. The molecule has 0 aliphatic rings. The quantitative estimate of drug-likeness (QED) is 0.471. The van der Waals surface area contributed by atoms with Crippen molar-refractivity contribution in [2.24, 2.45) is 5.14 Å². The number of nitrogens with two attached hydrogens (primary N) is 1. The Balaban J connectivity index is 1.93. The third-order valence-electron chi connectivity index (χ3n) is 4.83. The van der Waals surface area contributed by atoms with E-state index < -0.39 is 15.9 Å². The lowest BCUT2D eigenvalue weighted by Gasteiger charge is -2.10. The second kappa shape index (κ2) is 8.60. The summed E-state index contributed by atoms with van der Waals surface area (Å²) < 4.78 is 24.9. The van der Waals surface area contributed by atoms with Crippen molar-refractivity contribution in [3.63, 3.8) is 0 Å². The van der Waals surface area contributed by atoms with Crippen molar-refractivity contribution >= 4 is 27.7 Å². The van der Waals surface area contributed by atoms with Crippen molar-refractivity contribution in [3.05, 3.63) is 82.7 Å². The third kappa shape index (κ3) is 4.91. The first-order valence-electron chi connectivity index (χ1n) is 9.42. The lowest BCUT2D eigenvalue weighted by molar-refractivity contribution is -0.112. The minimum absolute atomic E-state index is 0.0219. The van der Waals surface area contributed by atoms with Gasteiger partial charge in [0.05, 0.1) is 4.90 Å². The Morgan fingerprint density at radius 2 is 1.77 bits per heavy atom. The Morgan fingerprint density at radius 1 is 1.10 bits per heavy atom. The number of nitriles is 1. The lowest BCUT2D eigenvalue weighted by atomic mass is 10.1. The largest absolute Gasteiger partial charge is 0.321 e. The fourth-order valence-electron chi connectivity index (χ4n) is 3.34. The number of anilines is 1. The second-order valence-corrected chi connectivity index (χ2v) is 8.76. The SMILES string of the molecule is Cc1cccc(NC(=O)/C(C#N)=C/c2cc(C)n(-c3ccc(S(N)(=O)=O)cc3)c2C)c1. The van der Waals surface area contributed by atoms with Gasteiger partial charge in [-0.05, 0) is 80.4 Å². The summed E-state index contributed by atoms with van der Waals surface area (Å²) in [5.74, 6) is -0.490. The summed E-state index contributed by atoms with van der Waals surface area (Å²) in [7, 11) is -3.77. The maximum absolute atomic E-state index is 12.6. The number of hydrogen-bond donors (Lipinski definition) is 2. The molecule has 1 amide bonds. The third-order valence-corrected chi connectivity index (χ3v) is 5.76. The molecule has 7 nitrogen and oxygen atoms in total. The zero-order valence-electron chi connectivity index (χ0n) is 17.4. The van der Waals surface area contributed by atoms with Gasteiger partial charge in [0.1, 0.15) is 11.6 Å². The predicted octanol–water partition coefficient (Wildman–Crippen LogP) is 3.60. The number of amides is 1. The topological polar surface area (TPSA) is 118 Å². The van der Waals surface area contributed by atoms with Gasteiger partial charge in [-0.1, -0.05) is 12.1 Å². The zero-order chi connectivity index (χ0) is 22.8. The average Bonchev–Trinajstić information content (AvgIpc) is 2.98. The van der Waals surface area contributed by atoms with Crippen LogP contribution >= 0.6 is 0 Å². The van der Waals surface area contributed by atoms with Crippen LogP contribution < -0.4 is 10.5 Å². The number of benzene rings is 2. The van der Waals surface area contributed by atoms with Gasteiger partial charge in [0, 0.05) is 22.8 Å². The van der Waals surface area contributed by atoms with E-state index in [0.717, 1.165) is 22.6 Å². The minimum Gasteiger partial charge on any atom is -0.321 e. The lowest BCUT2D eigenvalue weighted by Crippen LogP contribution is -2.13. The van der Waals surface area contributed by atoms with Gasteiger partial charge in [-0.15, -0.1) is 0 Å². The summed E-state index contributed by atoms with van der Waals surface area (Å²) in [5.41, 5.74) is 4.71. The number of nitrogens with zero attached hydrogens (tertiary/aromatic N) is 2. The Kier molecular flexibility index (Phi) is 6.11. The van der Waals surface area contributed by atoms with E-state index in [2.05, 4.69) is 5.32 Å². The van der Waals surface area contributed by atoms with Crippen molar-refractivity contribution in [3.8, 4) is 11.8 Å². The summed E-state index contributed by atoms with van der Waals surface area (Å²) in [5, 5.41) is 17.4. The van der Waals surface area contributed by atoms with Crippen LogP contribution in [-0.4, -0.2) is 18.9 Å². The maximum Gasteiger partial charge on any atom is 0.266 e. The van der Waals surface area contributed by atoms with Crippen LogP contribution in [0.1, 0.15) is 22.5 Å². The maximum atomic E-state index is 12.6. The van der Waals surface area contributed by atoms with Crippen LogP contribution in [0.5, 0.6) is 0 Å². The molecule has 3 aromatic rings. The number of nitrogens with one attached hydrogen (secondary N) is 1. The number of hydrogen-bond acceptors (Lipinski definition) is 4. The number of aryl methyl sites for hydroxylation is 2. The molecule has 0 saturated carbocycles. The highest BCUT2D eigenvalue weighted by Gasteiger charge is 2.15. The van der Waals surface area contributed by atoms with Crippen LogP contribution in [0, 0.1) is 32.1 Å². The molecule has 0 bridgehead atoms. The van der Waals surface area contributed by atoms with Gasteiger partial charge in [-0.2, -0.15) is 5.26 Å². The van der Waals surface area contributed by atoms with E-state index in [1.807, 2.05) is 55.7 Å². The fraction of sp³-hybridized carbons (Fsp3) is 0.130. The van der Waals surface area contributed by atoms with Crippen LogP contribution in [0.2, 0.25) is 0 Å². The first-order chi connectivity index (χ1) is 14.6. The summed E-state index contributed by atoms with van der Waals surface area (Å²) >= 11 is 0. The molecule has 1 heterocycles. The summed E-state index contributed by atoms with van der Waals surface area (Å²) in [6, 6.07) is 17.3. The standard InChI is InChI=1S/C23H22N4O3S/c1-15-5-4-6-20(11-15)26-23(28)19(14-24)13-18-12-16(2)27(17(18)3)21-7-9-22(10-8-21)31(25,29)30/h4-13H,1-3H3,(H,26,28)(H2,25,29,30)/b19-13+.